The zero-order valence-electron chi connectivity index (χ0n) is 11.3. The minimum absolute atomic E-state index is 0.0350. The van der Waals surface area contributed by atoms with E-state index in [0.717, 1.165) is 0 Å². The number of carbonyl (C=O) groups is 1. The number of hydrogen-bond acceptors (Lipinski definition) is 4. The van der Waals surface area contributed by atoms with Crippen LogP contribution in [0.25, 0.3) is 0 Å². The molecule has 0 fully saturated rings. The molecule has 1 amide bonds. The van der Waals surface area contributed by atoms with Gasteiger partial charge in [0.25, 0.3) is 5.91 Å². The Kier molecular flexibility index (Phi) is 4.27. The number of rotatable bonds is 4. The van der Waals surface area contributed by atoms with Crippen LogP contribution in [-0.4, -0.2) is 48.3 Å². The van der Waals surface area contributed by atoms with E-state index in [1.807, 2.05) is 13.8 Å². The quantitative estimate of drug-likeness (QED) is 0.891. The van der Waals surface area contributed by atoms with Gasteiger partial charge in [-0.05, 0) is 32.0 Å². The van der Waals surface area contributed by atoms with Gasteiger partial charge in [0.1, 0.15) is 13.2 Å². The predicted molar refractivity (Wildman–Crippen MR) is 70.7 cm³/mol. The maximum absolute atomic E-state index is 12.4. The van der Waals surface area contributed by atoms with Crippen LogP contribution >= 0.6 is 0 Å². The van der Waals surface area contributed by atoms with Crippen molar-refractivity contribution in [2.45, 2.75) is 19.9 Å². The molecular weight excluding hydrogens is 246 g/mol. The number of hydrogen-bond donors (Lipinski definition) is 1. The van der Waals surface area contributed by atoms with E-state index in [1.54, 1.807) is 23.1 Å². The number of fused-ring (bicyclic) bond motifs is 1. The molecule has 0 bridgehead atoms. The molecule has 0 saturated carbocycles. The number of benzene rings is 1. The molecule has 0 atom stereocenters. The molecule has 0 unspecified atom stereocenters. The van der Waals surface area contributed by atoms with E-state index in [0.29, 0.717) is 36.8 Å². The molecule has 1 aliphatic heterocycles. The van der Waals surface area contributed by atoms with Crippen LogP contribution in [-0.2, 0) is 0 Å². The molecule has 1 aromatic carbocycles. The highest BCUT2D eigenvalue weighted by atomic mass is 16.6. The van der Waals surface area contributed by atoms with Crippen molar-refractivity contribution in [3.05, 3.63) is 23.8 Å². The molecule has 5 heteroatoms. The lowest BCUT2D eigenvalue weighted by Crippen LogP contribution is -2.39. The van der Waals surface area contributed by atoms with Crippen molar-refractivity contribution in [1.29, 1.82) is 0 Å². The van der Waals surface area contributed by atoms with Crippen LogP contribution in [0.4, 0.5) is 0 Å². The zero-order valence-corrected chi connectivity index (χ0v) is 11.3. The number of aliphatic hydroxyl groups excluding tert-OH is 1. The number of ether oxygens (including phenoxy) is 2. The molecule has 0 aliphatic carbocycles. The van der Waals surface area contributed by atoms with Gasteiger partial charge in [-0.25, -0.2) is 0 Å². The minimum Gasteiger partial charge on any atom is -0.486 e. The van der Waals surface area contributed by atoms with Gasteiger partial charge >= 0.3 is 0 Å². The second-order valence-corrected chi connectivity index (χ2v) is 4.67. The summed E-state index contributed by atoms with van der Waals surface area (Å²) >= 11 is 0. The second kappa shape index (κ2) is 5.93. The molecule has 1 aromatic rings. The highest BCUT2D eigenvalue weighted by molar-refractivity contribution is 5.95. The van der Waals surface area contributed by atoms with Crippen LogP contribution in [0.15, 0.2) is 18.2 Å². The Hall–Kier alpha value is -1.75. The maximum Gasteiger partial charge on any atom is 0.254 e. The highest BCUT2D eigenvalue weighted by Crippen LogP contribution is 2.31. The summed E-state index contributed by atoms with van der Waals surface area (Å²) in [6.07, 6.45) is 0. The number of amides is 1. The summed E-state index contributed by atoms with van der Waals surface area (Å²) in [7, 11) is 0. The molecule has 1 N–H and O–H groups in total. The molecule has 1 heterocycles. The van der Waals surface area contributed by atoms with Crippen LogP contribution in [0.2, 0.25) is 0 Å². The van der Waals surface area contributed by atoms with E-state index in [-0.39, 0.29) is 18.6 Å². The van der Waals surface area contributed by atoms with Crippen molar-refractivity contribution in [2.24, 2.45) is 0 Å². The van der Waals surface area contributed by atoms with Crippen molar-refractivity contribution in [3.8, 4) is 11.5 Å². The number of carbonyl (C=O) groups excluding carboxylic acids is 1. The van der Waals surface area contributed by atoms with Crippen LogP contribution in [0, 0.1) is 0 Å². The first-order valence-electron chi connectivity index (χ1n) is 6.45. The predicted octanol–water partition coefficient (Wildman–Crippen LogP) is 1.30. The van der Waals surface area contributed by atoms with Crippen molar-refractivity contribution in [3.63, 3.8) is 0 Å². The Bertz CT molecular complexity index is 459. The van der Waals surface area contributed by atoms with Crippen molar-refractivity contribution in [1.82, 2.24) is 4.90 Å². The van der Waals surface area contributed by atoms with Crippen molar-refractivity contribution < 1.29 is 19.4 Å². The normalized spacial score (nSPS) is 13.5. The van der Waals surface area contributed by atoms with Crippen LogP contribution in [0.1, 0.15) is 24.2 Å². The zero-order chi connectivity index (χ0) is 13.8. The van der Waals surface area contributed by atoms with E-state index < -0.39 is 0 Å². The summed E-state index contributed by atoms with van der Waals surface area (Å²) in [5.41, 5.74) is 0.548. The third-order valence-electron chi connectivity index (χ3n) is 3.01. The first-order valence-corrected chi connectivity index (χ1v) is 6.45. The summed E-state index contributed by atoms with van der Waals surface area (Å²) in [6.45, 7) is 5.15. The molecule has 0 spiro atoms. The SMILES string of the molecule is CC(C)N(CCO)C(=O)c1ccc2c(c1)OCCO2. The van der Waals surface area contributed by atoms with Crippen molar-refractivity contribution in [2.75, 3.05) is 26.4 Å². The molecule has 104 valence electrons. The molecule has 2 rings (SSSR count). The third-order valence-corrected chi connectivity index (χ3v) is 3.01. The Morgan fingerprint density at radius 2 is 2.00 bits per heavy atom. The van der Waals surface area contributed by atoms with Crippen LogP contribution < -0.4 is 9.47 Å². The van der Waals surface area contributed by atoms with E-state index in [4.69, 9.17) is 14.6 Å². The van der Waals surface area contributed by atoms with Gasteiger partial charge in [0, 0.05) is 18.2 Å². The first-order chi connectivity index (χ1) is 9.13. The summed E-state index contributed by atoms with van der Waals surface area (Å²) in [4.78, 5) is 14.0. The van der Waals surface area contributed by atoms with Gasteiger partial charge in [-0.15, -0.1) is 0 Å². The fourth-order valence-electron chi connectivity index (χ4n) is 2.04. The third kappa shape index (κ3) is 2.98. The van der Waals surface area contributed by atoms with Crippen molar-refractivity contribution >= 4 is 5.91 Å². The molecule has 0 radical (unpaired) electrons. The van der Waals surface area contributed by atoms with Gasteiger partial charge in [0.15, 0.2) is 11.5 Å². The first kappa shape index (κ1) is 13.7. The van der Waals surface area contributed by atoms with E-state index in [9.17, 15) is 4.79 Å². The topological polar surface area (TPSA) is 59.0 Å². The minimum atomic E-state index is -0.110. The Labute approximate surface area is 112 Å². The van der Waals surface area contributed by atoms with E-state index in [1.165, 1.54) is 0 Å². The lowest BCUT2D eigenvalue weighted by atomic mass is 10.1. The molecule has 1 aliphatic rings. The monoisotopic (exact) mass is 265 g/mol. The molecule has 5 nitrogen and oxygen atoms in total. The maximum atomic E-state index is 12.4. The molecule has 19 heavy (non-hydrogen) atoms. The summed E-state index contributed by atoms with van der Waals surface area (Å²) in [6, 6.07) is 5.21. The van der Waals surface area contributed by atoms with E-state index in [2.05, 4.69) is 0 Å². The fourth-order valence-corrected chi connectivity index (χ4v) is 2.04. The van der Waals surface area contributed by atoms with Gasteiger partial charge < -0.3 is 19.5 Å². The lowest BCUT2D eigenvalue weighted by Gasteiger charge is -2.26. The molecule has 0 aromatic heterocycles. The van der Waals surface area contributed by atoms with Gasteiger partial charge in [-0.1, -0.05) is 0 Å². The molecular formula is C14H19NO4. The average Bonchev–Trinajstić information content (AvgIpc) is 2.43. The number of nitrogens with zero attached hydrogens (tertiary/aromatic N) is 1. The van der Waals surface area contributed by atoms with Gasteiger partial charge in [0.05, 0.1) is 6.61 Å². The Morgan fingerprint density at radius 3 is 2.63 bits per heavy atom. The Morgan fingerprint density at radius 1 is 1.32 bits per heavy atom. The summed E-state index contributed by atoms with van der Waals surface area (Å²) < 4.78 is 10.9. The number of aliphatic hydroxyl groups is 1. The highest BCUT2D eigenvalue weighted by Gasteiger charge is 2.20. The largest absolute Gasteiger partial charge is 0.486 e. The standard InChI is InChI=1S/C14H19NO4/c1-10(2)15(5-6-16)14(17)11-3-4-12-13(9-11)19-8-7-18-12/h3-4,9-10,16H,5-8H2,1-2H3. The average molecular weight is 265 g/mol. The smallest absolute Gasteiger partial charge is 0.254 e. The van der Waals surface area contributed by atoms with Gasteiger partial charge in [-0.3, -0.25) is 4.79 Å². The molecule has 0 saturated heterocycles. The Balaban J connectivity index is 2.22. The lowest BCUT2D eigenvalue weighted by molar-refractivity contribution is 0.0664. The van der Waals surface area contributed by atoms with Crippen LogP contribution in [0.5, 0.6) is 11.5 Å². The fraction of sp³-hybridized carbons (Fsp3) is 0.500. The summed E-state index contributed by atoms with van der Waals surface area (Å²) in [5, 5.41) is 9.03. The second-order valence-electron chi connectivity index (χ2n) is 4.67. The van der Waals surface area contributed by atoms with Crippen LogP contribution in [0.3, 0.4) is 0 Å². The summed E-state index contributed by atoms with van der Waals surface area (Å²) in [5.74, 6) is 1.16. The van der Waals surface area contributed by atoms with E-state index >= 15 is 0 Å². The van der Waals surface area contributed by atoms with Gasteiger partial charge in [0.2, 0.25) is 0 Å². The van der Waals surface area contributed by atoms with Gasteiger partial charge in [-0.2, -0.15) is 0 Å².